The monoisotopic (exact) mass is 409 g/mol. The van der Waals surface area contributed by atoms with Crippen LogP contribution in [0.1, 0.15) is 64.0 Å². The first-order chi connectivity index (χ1) is 14.2. The van der Waals surface area contributed by atoms with E-state index in [-0.39, 0.29) is 34.0 Å². The highest BCUT2D eigenvalue weighted by molar-refractivity contribution is 5.64. The number of phenolic OH excluding ortho intramolecular Hbond substituents is 1. The van der Waals surface area contributed by atoms with Gasteiger partial charge in [0.15, 0.2) is 11.5 Å². The summed E-state index contributed by atoms with van der Waals surface area (Å²) in [6, 6.07) is 4.29. The standard InChI is InChI=1S/C26H35NO3/c1-5-6-9-24(3,29)18-15-23(2)10-11-25(18)19-14-16-7-8-17(28)21-20(16)26(25,22(23)30-21)12-13-27(19)4/h7-8,10-11,18-19,22,28-29H,5-6,9,12-15H2,1-4H3/t18?,19-,22+,23+,24?,25-,26+/m1/s1. The molecular formula is C26H35NO3. The fourth-order valence-electron chi connectivity index (χ4n) is 8.62. The number of aromatic hydroxyl groups is 1. The lowest BCUT2D eigenvalue weighted by atomic mass is 9.33. The number of nitrogens with zero attached hydrogens (tertiary/aromatic N) is 1. The number of rotatable bonds is 4. The number of ether oxygens (including phenoxy) is 1. The van der Waals surface area contributed by atoms with Crippen molar-refractivity contribution in [3.05, 3.63) is 35.4 Å². The first-order valence-electron chi connectivity index (χ1n) is 11.9. The molecule has 1 saturated carbocycles. The second-order valence-corrected chi connectivity index (χ2v) is 11.4. The predicted molar refractivity (Wildman–Crippen MR) is 117 cm³/mol. The lowest BCUT2D eigenvalue weighted by Gasteiger charge is -2.73. The number of hydrogen-bond acceptors (Lipinski definition) is 4. The van der Waals surface area contributed by atoms with Crippen molar-refractivity contribution in [3.8, 4) is 11.5 Å². The van der Waals surface area contributed by atoms with Crippen LogP contribution in [0.4, 0.5) is 0 Å². The zero-order chi connectivity index (χ0) is 21.1. The Labute approximate surface area is 179 Å². The summed E-state index contributed by atoms with van der Waals surface area (Å²) >= 11 is 0. The molecule has 4 bridgehead atoms. The summed E-state index contributed by atoms with van der Waals surface area (Å²) in [5.74, 6) is 1.19. The third-order valence-corrected chi connectivity index (χ3v) is 9.83. The van der Waals surface area contributed by atoms with Crippen molar-refractivity contribution in [2.24, 2.45) is 16.7 Å². The summed E-state index contributed by atoms with van der Waals surface area (Å²) < 4.78 is 6.72. The maximum Gasteiger partial charge on any atom is 0.165 e. The van der Waals surface area contributed by atoms with E-state index in [1.807, 2.05) is 6.07 Å². The minimum absolute atomic E-state index is 0.0341. The van der Waals surface area contributed by atoms with Gasteiger partial charge in [0.2, 0.25) is 0 Å². The molecule has 1 aromatic carbocycles. The van der Waals surface area contributed by atoms with Gasteiger partial charge in [-0.1, -0.05) is 44.9 Å². The minimum atomic E-state index is -0.715. The smallest absolute Gasteiger partial charge is 0.165 e. The predicted octanol–water partition coefficient (Wildman–Crippen LogP) is 4.17. The molecule has 7 atom stereocenters. The van der Waals surface area contributed by atoms with E-state index in [0.29, 0.717) is 6.04 Å². The van der Waals surface area contributed by atoms with Gasteiger partial charge in [0, 0.05) is 27.9 Å². The Balaban J connectivity index is 1.65. The van der Waals surface area contributed by atoms with Gasteiger partial charge in [-0.2, -0.15) is 0 Å². The first kappa shape index (κ1) is 19.2. The highest BCUT2D eigenvalue weighted by Gasteiger charge is 2.79. The molecule has 6 aliphatic rings. The van der Waals surface area contributed by atoms with E-state index >= 15 is 0 Å². The number of likely N-dealkylation sites (N-methyl/N-ethyl adjacent to an activating group) is 1. The van der Waals surface area contributed by atoms with Crippen LogP contribution in [0.3, 0.4) is 0 Å². The van der Waals surface area contributed by atoms with Crippen LogP contribution in [-0.2, 0) is 11.8 Å². The average molecular weight is 410 g/mol. The van der Waals surface area contributed by atoms with Gasteiger partial charge in [-0.15, -0.1) is 0 Å². The van der Waals surface area contributed by atoms with Crippen LogP contribution in [0.15, 0.2) is 24.3 Å². The van der Waals surface area contributed by atoms with Gasteiger partial charge < -0.3 is 19.8 Å². The Morgan fingerprint density at radius 1 is 1.30 bits per heavy atom. The number of benzene rings is 1. The summed E-state index contributed by atoms with van der Waals surface area (Å²) in [5.41, 5.74) is 1.43. The molecule has 4 aliphatic carbocycles. The fourth-order valence-corrected chi connectivity index (χ4v) is 8.62. The third kappa shape index (κ3) is 1.89. The first-order valence-corrected chi connectivity index (χ1v) is 11.9. The topological polar surface area (TPSA) is 52.9 Å². The molecule has 0 amide bonds. The van der Waals surface area contributed by atoms with Gasteiger partial charge in [0.1, 0.15) is 6.10 Å². The van der Waals surface area contributed by atoms with Crippen LogP contribution < -0.4 is 4.74 Å². The lowest BCUT2D eigenvalue weighted by molar-refractivity contribution is -0.216. The number of piperidine rings is 1. The molecule has 162 valence electrons. The van der Waals surface area contributed by atoms with Crippen molar-refractivity contribution < 1.29 is 14.9 Å². The van der Waals surface area contributed by atoms with Gasteiger partial charge >= 0.3 is 0 Å². The number of unbranched alkanes of at least 4 members (excludes halogenated alkanes) is 1. The van der Waals surface area contributed by atoms with Crippen LogP contribution in [0, 0.1) is 16.7 Å². The summed E-state index contributed by atoms with van der Waals surface area (Å²) in [7, 11) is 2.26. The van der Waals surface area contributed by atoms with Gasteiger partial charge in [-0.05, 0) is 63.7 Å². The van der Waals surface area contributed by atoms with Crippen molar-refractivity contribution in [1.29, 1.82) is 0 Å². The molecule has 1 saturated heterocycles. The van der Waals surface area contributed by atoms with E-state index in [0.717, 1.165) is 50.8 Å². The van der Waals surface area contributed by atoms with Gasteiger partial charge in [-0.3, -0.25) is 0 Å². The van der Waals surface area contributed by atoms with E-state index in [4.69, 9.17) is 4.74 Å². The van der Waals surface area contributed by atoms with E-state index in [9.17, 15) is 10.2 Å². The molecule has 2 spiro atoms. The lowest BCUT2D eigenvalue weighted by Crippen LogP contribution is -2.79. The average Bonchev–Trinajstić information content (AvgIpc) is 3.09. The normalized spacial score (nSPS) is 44.5. The van der Waals surface area contributed by atoms with E-state index in [2.05, 4.69) is 50.9 Å². The highest BCUT2D eigenvalue weighted by atomic mass is 16.5. The molecule has 30 heavy (non-hydrogen) atoms. The fraction of sp³-hybridized carbons (Fsp3) is 0.692. The van der Waals surface area contributed by atoms with Crippen molar-refractivity contribution >= 4 is 0 Å². The Bertz CT molecular complexity index is 954. The second kappa shape index (κ2) is 5.63. The quantitative estimate of drug-likeness (QED) is 0.733. The molecule has 2 aliphatic heterocycles. The largest absolute Gasteiger partial charge is 0.504 e. The Hall–Kier alpha value is -1.52. The molecule has 4 nitrogen and oxygen atoms in total. The minimum Gasteiger partial charge on any atom is -0.504 e. The Morgan fingerprint density at radius 3 is 2.87 bits per heavy atom. The van der Waals surface area contributed by atoms with E-state index < -0.39 is 5.60 Å². The van der Waals surface area contributed by atoms with Crippen LogP contribution in [-0.4, -0.2) is 46.5 Å². The molecule has 2 N–H and O–H groups in total. The SMILES string of the molecule is CCCCC(C)(O)C1C[C@]2(C)C=C[C@]13[C@H]1Cc4ccc(O)c5c4[C@@]3(CCN1C)[C@H]2O5. The van der Waals surface area contributed by atoms with Crippen LogP contribution in [0.2, 0.25) is 0 Å². The van der Waals surface area contributed by atoms with E-state index in [1.54, 1.807) is 0 Å². The molecule has 2 heterocycles. The third-order valence-electron chi connectivity index (χ3n) is 9.83. The van der Waals surface area contributed by atoms with Crippen molar-refractivity contribution in [1.82, 2.24) is 4.90 Å². The molecule has 2 unspecified atom stereocenters. The van der Waals surface area contributed by atoms with Gasteiger partial charge in [0.25, 0.3) is 0 Å². The number of phenols is 1. The zero-order valence-electron chi connectivity index (χ0n) is 18.7. The van der Waals surface area contributed by atoms with Crippen LogP contribution in [0.5, 0.6) is 11.5 Å². The van der Waals surface area contributed by atoms with Crippen LogP contribution >= 0.6 is 0 Å². The number of fused-ring (bicyclic) bond motifs is 1. The number of aliphatic hydroxyl groups is 1. The van der Waals surface area contributed by atoms with Gasteiger partial charge in [-0.25, -0.2) is 0 Å². The summed E-state index contributed by atoms with van der Waals surface area (Å²) in [5, 5.41) is 22.7. The molecule has 1 aromatic rings. The van der Waals surface area contributed by atoms with Crippen molar-refractivity contribution in [3.63, 3.8) is 0 Å². The number of hydrogen-bond donors (Lipinski definition) is 2. The molecule has 0 radical (unpaired) electrons. The van der Waals surface area contributed by atoms with Gasteiger partial charge in [0.05, 0.1) is 5.60 Å². The summed E-state index contributed by atoms with van der Waals surface area (Å²) in [6.07, 6.45) is 10.9. The zero-order valence-corrected chi connectivity index (χ0v) is 18.7. The summed E-state index contributed by atoms with van der Waals surface area (Å²) in [4.78, 5) is 2.54. The maximum absolute atomic E-state index is 11.9. The number of likely N-dealkylation sites (tertiary alicyclic amines) is 1. The molecule has 4 heteroatoms. The highest BCUT2D eigenvalue weighted by Crippen LogP contribution is 2.77. The van der Waals surface area contributed by atoms with Crippen molar-refractivity contribution in [2.75, 3.05) is 13.6 Å². The molecule has 2 fully saturated rings. The Morgan fingerprint density at radius 2 is 2.10 bits per heavy atom. The van der Waals surface area contributed by atoms with E-state index in [1.165, 1.54) is 11.1 Å². The molecule has 0 aromatic heterocycles. The van der Waals surface area contributed by atoms with Crippen molar-refractivity contribution in [2.45, 2.75) is 82.5 Å². The molecular weight excluding hydrogens is 374 g/mol. The molecule has 7 rings (SSSR count). The van der Waals surface area contributed by atoms with Crippen LogP contribution in [0.25, 0.3) is 0 Å². The second-order valence-electron chi connectivity index (χ2n) is 11.4. The maximum atomic E-state index is 11.9. The Kier molecular flexibility index (Phi) is 3.60. The summed E-state index contributed by atoms with van der Waals surface area (Å²) in [6.45, 7) is 7.65.